The van der Waals surface area contributed by atoms with Crippen LogP contribution in [-0.4, -0.2) is 0 Å². The summed E-state index contributed by atoms with van der Waals surface area (Å²) < 4.78 is 13.5. The molecule has 0 fully saturated rings. The van der Waals surface area contributed by atoms with Crippen molar-refractivity contribution in [1.82, 2.24) is 0 Å². The molecule has 2 heterocycles. The molecule has 0 aliphatic carbocycles. The standard InChI is InChI=1S/C72H42O2/c1-2-17-43(18-3-1)48-36-37-59(50-22-7-6-21-49(48)50)70-55-27-12-8-23-51(55)69(52-24-9-13-28-56(52)70)47-33-35-60-66(42-47)74-65-32-16-31-61(72(60)65)71-57-29-14-10-25-53(57)68(54-26-11-15-30-58(54)71)46-34-38-64-62(40-46)63-39-44-19-4-5-20-45(44)41-67(63)73-64/h1-42H. The fourth-order valence-electron chi connectivity index (χ4n) is 12.7. The maximum absolute atomic E-state index is 6.99. The lowest BCUT2D eigenvalue weighted by molar-refractivity contribution is 0.669. The van der Waals surface area contributed by atoms with Crippen LogP contribution in [0.2, 0.25) is 0 Å². The molecule has 74 heavy (non-hydrogen) atoms. The molecule has 0 spiro atoms. The zero-order chi connectivity index (χ0) is 48.4. The quantitative estimate of drug-likeness (QED) is 0.161. The van der Waals surface area contributed by atoms with Crippen LogP contribution in [0, 0.1) is 0 Å². The average Bonchev–Trinajstić information content (AvgIpc) is 4.04. The Morgan fingerprint density at radius 1 is 0.189 bits per heavy atom. The Kier molecular flexibility index (Phi) is 8.78. The molecule has 0 unspecified atom stereocenters. The van der Waals surface area contributed by atoms with E-state index in [4.69, 9.17) is 8.83 Å². The van der Waals surface area contributed by atoms with Crippen molar-refractivity contribution in [2.75, 3.05) is 0 Å². The highest BCUT2D eigenvalue weighted by atomic mass is 16.3. The van der Waals surface area contributed by atoms with Gasteiger partial charge in [0.05, 0.1) is 0 Å². The van der Waals surface area contributed by atoms with Gasteiger partial charge in [0.25, 0.3) is 0 Å². The minimum Gasteiger partial charge on any atom is -0.456 e. The summed E-state index contributed by atoms with van der Waals surface area (Å²) in [5, 5.41) is 19.0. The minimum absolute atomic E-state index is 0.864. The molecule has 2 nitrogen and oxygen atoms in total. The molecule has 14 aromatic carbocycles. The highest BCUT2D eigenvalue weighted by molar-refractivity contribution is 6.28. The molecular weight excluding hydrogens is 897 g/mol. The summed E-state index contributed by atoms with van der Waals surface area (Å²) >= 11 is 0. The summed E-state index contributed by atoms with van der Waals surface area (Å²) in [5.41, 5.74) is 15.5. The molecule has 342 valence electrons. The Morgan fingerprint density at radius 2 is 0.635 bits per heavy atom. The van der Waals surface area contributed by atoms with Gasteiger partial charge in [-0.25, -0.2) is 0 Å². The number of furan rings is 2. The molecule has 0 bridgehead atoms. The Balaban J connectivity index is 0.883. The van der Waals surface area contributed by atoms with Crippen LogP contribution in [0.15, 0.2) is 264 Å². The highest BCUT2D eigenvalue weighted by Gasteiger charge is 2.24. The summed E-state index contributed by atoms with van der Waals surface area (Å²) in [7, 11) is 0. The Bertz CT molecular complexity index is 4900. The number of benzene rings is 14. The van der Waals surface area contributed by atoms with Gasteiger partial charge in [-0.05, 0) is 163 Å². The molecule has 0 radical (unpaired) electrons. The number of hydrogen-bond acceptors (Lipinski definition) is 2. The predicted octanol–water partition coefficient (Wildman–Crippen LogP) is 20.7. The van der Waals surface area contributed by atoms with Gasteiger partial charge in [-0.15, -0.1) is 0 Å². The van der Waals surface area contributed by atoms with Crippen molar-refractivity contribution in [2.45, 2.75) is 0 Å². The second-order valence-electron chi connectivity index (χ2n) is 19.8. The summed E-state index contributed by atoms with van der Waals surface area (Å²) in [6, 6.07) is 93.0. The van der Waals surface area contributed by atoms with Crippen LogP contribution in [0.3, 0.4) is 0 Å². The van der Waals surface area contributed by atoms with E-state index in [0.717, 1.165) is 60.6 Å². The third-order valence-electron chi connectivity index (χ3n) is 15.8. The molecule has 0 atom stereocenters. The first-order valence-electron chi connectivity index (χ1n) is 25.5. The van der Waals surface area contributed by atoms with Gasteiger partial charge >= 0.3 is 0 Å². The van der Waals surface area contributed by atoms with Crippen LogP contribution in [0.5, 0.6) is 0 Å². The van der Waals surface area contributed by atoms with Crippen molar-refractivity contribution in [3.05, 3.63) is 255 Å². The van der Waals surface area contributed by atoms with Crippen LogP contribution in [0.25, 0.3) is 164 Å². The Morgan fingerprint density at radius 3 is 1.26 bits per heavy atom. The van der Waals surface area contributed by atoms with E-state index in [9.17, 15) is 0 Å². The van der Waals surface area contributed by atoms with E-state index in [1.165, 1.54) is 104 Å². The van der Waals surface area contributed by atoms with Crippen LogP contribution in [-0.2, 0) is 0 Å². The molecule has 0 N–H and O–H groups in total. The maximum atomic E-state index is 6.99. The predicted molar refractivity (Wildman–Crippen MR) is 313 cm³/mol. The fourth-order valence-corrected chi connectivity index (χ4v) is 12.7. The third-order valence-corrected chi connectivity index (χ3v) is 15.8. The van der Waals surface area contributed by atoms with Gasteiger partial charge in [-0.3, -0.25) is 0 Å². The molecule has 0 aliphatic rings. The second-order valence-corrected chi connectivity index (χ2v) is 19.8. The van der Waals surface area contributed by atoms with Gasteiger partial charge in [0.1, 0.15) is 22.3 Å². The lowest BCUT2D eigenvalue weighted by Gasteiger charge is -2.19. The van der Waals surface area contributed by atoms with Crippen molar-refractivity contribution >= 4 is 109 Å². The normalized spacial score (nSPS) is 12.1. The van der Waals surface area contributed by atoms with E-state index in [-0.39, 0.29) is 0 Å². The number of rotatable bonds is 5. The molecular formula is C72H42O2. The topological polar surface area (TPSA) is 26.3 Å². The van der Waals surface area contributed by atoms with Crippen molar-refractivity contribution < 1.29 is 8.83 Å². The van der Waals surface area contributed by atoms with Crippen molar-refractivity contribution in [3.8, 4) is 55.6 Å². The van der Waals surface area contributed by atoms with Crippen molar-refractivity contribution in [2.24, 2.45) is 0 Å². The summed E-state index contributed by atoms with van der Waals surface area (Å²) in [5.74, 6) is 0. The second kappa shape index (κ2) is 15.9. The monoisotopic (exact) mass is 938 g/mol. The van der Waals surface area contributed by atoms with E-state index in [2.05, 4.69) is 255 Å². The first kappa shape index (κ1) is 40.9. The third kappa shape index (κ3) is 6.00. The SMILES string of the molecule is c1ccc(-c2ccc(-c3c4ccccc4c(-c4ccc5c(c4)oc4cccc(-c6c7ccccc7c(-c7ccc8oc9cc%10ccccc%10cc9c8c7)c7ccccc67)c45)c4ccccc34)c3ccccc23)cc1. The molecule has 2 heteroatoms. The zero-order valence-electron chi connectivity index (χ0n) is 40.1. The summed E-state index contributed by atoms with van der Waals surface area (Å²) in [6.07, 6.45) is 0. The molecule has 0 saturated heterocycles. The highest BCUT2D eigenvalue weighted by Crippen LogP contribution is 2.50. The molecule has 2 aromatic heterocycles. The van der Waals surface area contributed by atoms with Crippen LogP contribution < -0.4 is 0 Å². The Labute approximate surface area is 425 Å². The first-order chi connectivity index (χ1) is 36.7. The zero-order valence-corrected chi connectivity index (χ0v) is 40.1. The van der Waals surface area contributed by atoms with Crippen molar-refractivity contribution in [1.29, 1.82) is 0 Å². The molecule has 0 amide bonds. The molecule has 16 aromatic rings. The average molecular weight is 939 g/mol. The first-order valence-corrected chi connectivity index (χ1v) is 25.5. The van der Waals surface area contributed by atoms with Crippen LogP contribution in [0.4, 0.5) is 0 Å². The fraction of sp³-hybridized carbons (Fsp3) is 0. The maximum Gasteiger partial charge on any atom is 0.136 e. The summed E-state index contributed by atoms with van der Waals surface area (Å²) in [4.78, 5) is 0. The van der Waals surface area contributed by atoms with E-state index in [1.807, 2.05) is 0 Å². The van der Waals surface area contributed by atoms with Gasteiger partial charge in [-0.1, -0.05) is 212 Å². The van der Waals surface area contributed by atoms with Gasteiger partial charge in [0.15, 0.2) is 0 Å². The number of hydrogen-bond donors (Lipinski definition) is 0. The van der Waals surface area contributed by atoms with E-state index in [0.29, 0.717) is 0 Å². The molecule has 16 rings (SSSR count). The largest absolute Gasteiger partial charge is 0.456 e. The van der Waals surface area contributed by atoms with Crippen LogP contribution in [0.1, 0.15) is 0 Å². The number of fused-ring (bicyclic) bond motifs is 12. The van der Waals surface area contributed by atoms with Gasteiger partial charge < -0.3 is 8.83 Å². The lowest BCUT2D eigenvalue weighted by Crippen LogP contribution is -1.92. The summed E-state index contributed by atoms with van der Waals surface area (Å²) in [6.45, 7) is 0. The molecule has 0 aliphatic heterocycles. The van der Waals surface area contributed by atoms with Gasteiger partial charge in [0.2, 0.25) is 0 Å². The molecule has 0 saturated carbocycles. The van der Waals surface area contributed by atoms with Gasteiger partial charge in [-0.2, -0.15) is 0 Å². The Hall–Kier alpha value is -9.76. The lowest BCUT2D eigenvalue weighted by atomic mass is 9.83. The van der Waals surface area contributed by atoms with Crippen molar-refractivity contribution in [3.63, 3.8) is 0 Å². The van der Waals surface area contributed by atoms with E-state index in [1.54, 1.807) is 0 Å². The van der Waals surface area contributed by atoms with E-state index < -0.39 is 0 Å². The van der Waals surface area contributed by atoms with E-state index >= 15 is 0 Å². The smallest absolute Gasteiger partial charge is 0.136 e. The van der Waals surface area contributed by atoms with Crippen LogP contribution >= 0.6 is 0 Å². The minimum atomic E-state index is 0.864. The van der Waals surface area contributed by atoms with Gasteiger partial charge in [0, 0.05) is 21.5 Å².